The monoisotopic (exact) mass is 370 g/mol. The number of hydrogen-bond acceptors (Lipinski definition) is 6. The second kappa shape index (κ2) is 16.4. The molecule has 0 saturated carbocycles. The quantitative estimate of drug-likeness (QED) is 0.495. The van der Waals surface area contributed by atoms with Crippen LogP contribution in [0, 0.1) is 0 Å². The van der Waals surface area contributed by atoms with Gasteiger partial charge in [-0.15, -0.1) is 0 Å². The van der Waals surface area contributed by atoms with Crippen molar-refractivity contribution in [1.29, 1.82) is 0 Å². The van der Waals surface area contributed by atoms with Crippen molar-refractivity contribution in [3.05, 3.63) is 59.7 Å². The van der Waals surface area contributed by atoms with E-state index in [4.69, 9.17) is 10.2 Å². The Bertz CT molecular complexity index is 577. The molecule has 2 aromatic carbocycles. The number of aromatic carboxylic acids is 2. The Morgan fingerprint density at radius 2 is 0.880 bits per heavy atom. The van der Waals surface area contributed by atoms with E-state index in [0.717, 1.165) is 0 Å². The SMILES string of the molecule is O.O.O.O.O=C([O-])c1ccccc1O.O=C([O-])c1ccccc1O.[Mg+2]. The van der Waals surface area contributed by atoms with Gasteiger partial charge in [0.25, 0.3) is 0 Å². The molecule has 0 saturated heterocycles. The van der Waals surface area contributed by atoms with Crippen molar-refractivity contribution < 1.29 is 51.9 Å². The maximum absolute atomic E-state index is 10.2. The Balaban J connectivity index is -0.0000000889. The number of phenols is 2. The molecule has 0 bridgehead atoms. The van der Waals surface area contributed by atoms with Crippen molar-refractivity contribution in [2.24, 2.45) is 0 Å². The summed E-state index contributed by atoms with van der Waals surface area (Å²) in [7, 11) is 0. The Kier molecular flexibility index (Phi) is 22.4. The molecule has 0 atom stereocenters. The number of hydrogen-bond donors (Lipinski definition) is 2. The van der Waals surface area contributed by atoms with Gasteiger partial charge in [-0.05, 0) is 24.3 Å². The van der Waals surface area contributed by atoms with Crippen LogP contribution in [-0.2, 0) is 0 Å². The maximum Gasteiger partial charge on any atom is 2.00 e. The van der Waals surface area contributed by atoms with Crippen molar-refractivity contribution >= 4 is 35.0 Å². The summed E-state index contributed by atoms with van der Waals surface area (Å²) < 4.78 is 0. The summed E-state index contributed by atoms with van der Waals surface area (Å²) in [5.74, 6) is -3.25. The first kappa shape index (κ1) is 34.0. The summed E-state index contributed by atoms with van der Waals surface area (Å²) >= 11 is 0. The molecule has 0 amide bonds. The Morgan fingerprint density at radius 1 is 0.640 bits per heavy atom. The van der Waals surface area contributed by atoms with Gasteiger partial charge < -0.3 is 51.9 Å². The number of carboxylic acids is 2. The first-order valence-electron chi connectivity index (χ1n) is 5.42. The number of carboxylic acid groups (broad SMARTS) is 2. The summed E-state index contributed by atoms with van der Waals surface area (Å²) in [4.78, 5) is 20.3. The Morgan fingerprint density at radius 3 is 1.04 bits per heavy atom. The molecule has 0 spiro atoms. The third-order valence-corrected chi connectivity index (χ3v) is 2.25. The number of benzene rings is 2. The molecule has 0 fully saturated rings. The fourth-order valence-corrected chi connectivity index (χ4v) is 1.29. The molecule has 11 heteroatoms. The molecular weight excluding hydrogens is 352 g/mol. The topological polar surface area (TPSA) is 247 Å². The van der Waals surface area contributed by atoms with Crippen molar-refractivity contribution in [1.82, 2.24) is 0 Å². The summed E-state index contributed by atoms with van der Waals surface area (Å²) in [5.41, 5.74) is -0.356. The van der Waals surface area contributed by atoms with Gasteiger partial charge in [-0.1, -0.05) is 24.3 Å². The van der Waals surface area contributed by atoms with E-state index in [-0.39, 0.29) is 67.6 Å². The molecule has 0 heterocycles. The average Bonchev–Trinajstić information content (AvgIpc) is 2.40. The molecule has 136 valence electrons. The van der Waals surface area contributed by atoms with Crippen LogP contribution in [0.2, 0.25) is 0 Å². The van der Waals surface area contributed by atoms with E-state index in [1.807, 2.05) is 0 Å². The van der Waals surface area contributed by atoms with Gasteiger partial charge in [0, 0.05) is 11.1 Å². The van der Waals surface area contributed by atoms with Crippen LogP contribution in [0.4, 0.5) is 0 Å². The molecular formula is C14H18MgO10. The zero-order valence-electron chi connectivity index (χ0n) is 12.9. The van der Waals surface area contributed by atoms with Gasteiger partial charge in [-0.25, -0.2) is 0 Å². The molecule has 0 aliphatic rings. The van der Waals surface area contributed by atoms with Crippen LogP contribution >= 0.6 is 0 Å². The van der Waals surface area contributed by atoms with Gasteiger partial charge in [-0.3, -0.25) is 0 Å². The summed E-state index contributed by atoms with van der Waals surface area (Å²) in [5, 5.41) is 38.0. The minimum absolute atomic E-state index is 0. The first-order valence-corrected chi connectivity index (χ1v) is 5.42. The van der Waals surface area contributed by atoms with E-state index < -0.39 is 11.9 Å². The van der Waals surface area contributed by atoms with Crippen molar-refractivity contribution in [2.45, 2.75) is 0 Å². The molecule has 0 unspecified atom stereocenters. The zero-order valence-corrected chi connectivity index (χ0v) is 14.3. The largest absolute Gasteiger partial charge is 2.00 e. The van der Waals surface area contributed by atoms with Crippen LogP contribution in [0.5, 0.6) is 11.5 Å². The Labute approximate surface area is 158 Å². The number of rotatable bonds is 2. The molecule has 0 radical (unpaired) electrons. The molecule has 2 aromatic rings. The van der Waals surface area contributed by atoms with Crippen molar-refractivity contribution in [3.63, 3.8) is 0 Å². The molecule has 0 aliphatic heterocycles. The van der Waals surface area contributed by atoms with Crippen LogP contribution in [0.1, 0.15) is 20.7 Å². The van der Waals surface area contributed by atoms with E-state index in [1.54, 1.807) is 12.1 Å². The van der Waals surface area contributed by atoms with Crippen molar-refractivity contribution in [3.8, 4) is 11.5 Å². The minimum Gasteiger partial charge on any atom is -0.545 e. The van der Waals surface area contributed by atoms with Gasteiger partial charge in [0.05, 0.1) is 11.9 Å². The third kappa shape index (κ3) is 10.9. The molecule has 25 heavy (non-hydrogen) atoms. The minimum atomic E-state index is -1.36. The predicted octanol–water partition coefficient (Wildman–Crippen LogP) is -4.17. The van der Waals surface area contributed by atoms with Crippen LogP contribution in [0.3, 0.4) is 0 Å². The molecule has 2 rings (SSSR count). The molecule has 0 aliphatic carbocycles. The number of carbonyl (C=O) groups excluding carboxylic acids is 2. The maximum atomic E-state index is 10.2. The smallest absolute Gasteiger partial charge is 0.545 e. The van der Waals surface area contributed by atoms with E-state index in [0.29, 0.717) is 0 Å². The summed E-state index contributed by atoms with van der Waals surface area (Å²) in [6.45, 7) is 0. The summed E-state index contributed by atoms with van der Waals surface area (Å²) in [6, 6.07) is 11.3. The van der Waals surface area contributed by atoms with Gasteiger partial charge in [0.15, 0.2) is 0 Å². The van der Waals surface area contributed by atoms with E-state index in [2.05, 4.69) is 0 Å². The zero-order chi connectivity index (χ0) is 15.1. The fourth-order valence-electron chi connectivity index (χ4n) is 1.29. The normalized spacial score (nSPS) is 7.36. The van der Waals surface area contributed by atoms with E-state index in [9.17, 15) is 19.8 Å². The number of aromatic hydroxyl groups is 2. The molecule has 0 aromatic heterocycles. The molecule has 10 nitrogen and oxygen atoms in total. The first-order chi connectivity index (χ1) is 9.43. The average molecular weight is 371 g/mol. The second-order valence-corrected chi connectivity index (χ2v) is 3.61. The van der Waals surface area contributed by atoms with Crippen LogP contribution in [0.15, 0.2) is 48.5 Å². The number of carbonyl (C=O) groups is 2. The Hall–Kier alpha value is -2.41. The number of para-hydroxylation sites is 2. The fraction of sp³-hybridized carbons (Fsp3) is 0. The predicted molar refractivity (Wildman–Crippen MR) is 85.1 cm³/mol. The third-order valence-electron chi connectivity index (χ3n) is 2.25. The van der Waals surface area contributed by atoms with Crippen molar-refractivity contribution in [2.75, 3.05) is 0 Å². The molecule has 10 N–H and O–H groups in total. The van der Waals surface area contributed by atoms with Crippen LogP contribution < -0.4 is 10.2 Å². The van der Waals surface area contributed by atoms with Gasteiger partial charge in [-0.2, -0.15) is 0 Å². The second-order valence-electron chi connectivity index (χ2n) is 3.61. The van der Waals surface area contributed by atoms with Crippen LogP contribution in [-0.4, -0.2) is 67.1 Å². The van der Waals surface area contributed by atoms with E-state index >= 15 is 0 Å². The standard InChI is InChI=1S/2C7H6O3.Mg.4H2O/c2*8-6-4-2-1-3-5(6)7(9)10;;;;;/h2*1-4,8H,(H,9,10);;4*1H2/q;;+2;;;;/p-2. The van der Waals surface area contributed by atoms with Gasteiger partial charge in [0.1, 0.15) is 11.5 Å². The van der Waals surface area contributed by atoms with E-state index in [1.165, 1.54) is 36.4 Å². The summed E-state index contributed by atoms with van der Waals surface area (Å²) in [6.07, 6.45) is 0. The van der Waals surface area contributed by atoms with Gasteiger partial charge in [0.2, 0.25) is 0 Å². The van der Waals surface area contributed by atoms with Gasteiger partial charge >= 0.3 is 23.1 Å². The van der Waals surface area contributed by atoms with Crippen LogP contribution in [0.25, 0.3) is 0 Å².